The number of hydrogen-bond donors (Lipinski definition) is 2. The summed E-state index contributed by atoms with van der Waals surface area (Å²) in [7, 11) is 0. The van der Waals surface area contributed by atoms with Gasteiger partial charge in [0.1, 0.15) is 5.69 Å². The zero-order valence-electron chi connectivity index (χ0n) is 14.9. The third kappa shape index (κ3) is 5.65. The molecule has 0 unspecified atom stereocenters. The number of nitrogens with zero attached hydrogens (tertiary/aromatic N) is 2. The first-order valence-corrected chi connectivity index (χ1v) is 8.37. The third-order valence-electron chi connectivity index (χ3n) is 3.63. The molecule has 24 heavy (non-hydrogen) atoms. The number of benzene rings is 1. The predicted octanol–water partition coefficient (Wildman–Crippen LogP) is 3.48. The maximum atomic E-state index is 12.4. The fourth-order valence-electron chi connectivity index (χ4n) is 2.33. The van der Waals surface area contributed by atoms with Crippen molar-refractivity contribution < 1.29 is 4.79 Å². The maximum absolute atomic E-state index is 12.4. The lowest BCUT2D eigenvalue weighted by molar-refractivity contribution is 0.0945. The third-order valence-corrected chi connectivity index (χ3v) is 3.63. The number of amides is 1. The second-order valence-corrected chi connectivity index (χ2v) is 6.50. The van der Waals surface area contributed by atoms with E-state index in [9.17, 15) is 4.79 Å². The van der Waals surface area contributed by atoms with Gasteiger partial charge >= 0.3 is 0 Å². The Balaban J connectivity index is 1.99. The monoisotopic (exact) mass is 326 g/mol. The highest BCUT2D eigenvalue weighted by Crippen LogP contribution is 2.08. The highest BCUT2D eigenvalue weighted by Gasteiger charge is 2.10. The summed E-state index contributed by atoms with van der Waals surface area (Å²) in [5.41, 5.74) is 3.42. The van der Waals surface area contributed by atoms with Crippen LogP contribution in [0.2, 0.25) is 0 Å². The molecule has 5 heteroatoms. The van der Waals surface area contributed by atoms with E-state index in [2.05, 4.69) is 40.5 Å². The van der Waals surface area contributed by atoms with Gasteiger partial charge in [0.25, 0.3) is 5.91 Å². The fraction of sp³-hybridized carbons (Fsp3) is 0.421. The van der Waals surface area contributed by atoms with Crippen molar-refractivity contribution in [3.8, 4) is 0 Å². The largest absolute Gasteiger partial charge is 0.354 e. The van der Waals surface area contributed by atoms with Gasteiger partial charge in [0.15, 0.2) is 0 Å². The van der Waals surface area contributed by atoms with Crippen molar-refractivity contribution in [2.45, 2.75) is 40.7 Å². The first kappa shape index (κ1) is 17.9. The first-order chi connectivity index (χ1) is 11.4. The van der Waals surface area contributed by atoms with E-state index in [-0.39, 0.29) is 5.91 Å². The zero-order chi connectivity index (χ0) is 17.5. The Kier molecular flexibility index (Phi) is 6.29. The van der Waals surface area contributed by atoms with Gasteiger partial charge in [0, 0.05) is 18.8 Å². The van der Waals surface area contributed by atoms with Crippen molar-refractivity contribution >= 4 is 11.9 Å². The first-order valence-electron chi connectivity index (χ1n) is 8.37. The molecule has 1 aromatic heterocycles. The molecule has 0 saturated heterocycles. The van der Waals surface area contributed by atoms with Gasteiger partial charge in [-0.1, -0.05) is 43.7 Å². The smallest absolute Gasteiger partial charge is 0.270 e. The lowest BCUT2D eigenvalue weighted by Gasteiger charge is -2.10. The molecule has 1 aromatic carbocycles. The molecule has 2 aromatic rings. The Morgan fingerprint density at radius 3 is 2.67 bits per heavy atom. The number of aromatic nitrogens is 2. The van der Waals surface area contributed by atoms with Gasteiger partial charge in [0.05, 0.1) is 0 Å². The number of nitrogens with one attached hydrogen (secondary N) is 2. The molecule has 0 aliphatic carbocycles. The van der Waals surface area contributed by atoms with Crippen LogP contribution in [0.1, 0.15) is 47.6 Å². The molecule has 2 N–H and O–H groups in total. The Hall–Kier alpha value is -2.43. The SMILES string of the molecule is Cc1cccc(CNC(=O)c2cc(C)nc(NCCC(C)C)n2)c1. The topological polar surface area (TPSA) is 66.9 Å². The van der Waals surface area contributed by atoms with Crippen molar-refractivity contribution in [3.05, 3.63) is 52.8 Å². The highest BCUT2D eigenvalue weighted by atomic mass is 16.1. The van der Waals surface area contributed by atoms with E-state index in [1.54, 1.807) is 6.07 Å². The normalized spacial score (nSPS) is 10.7. The van der Waals surface area contributed by atoms with E-state index >= 15 is 0 Å². The lowest BCUT2D eigenvalue weighted by Crippen LogP contribution is -2.24. The number of carbonyl (C=O) groups excluding carboxylic acids is 1. The summed E-state index contributed by atoms with van der Waals surface area (Å²) in [4.78, 5) is 21.0. The molecule has 0 fully saturated rings. The fourth-order valence-corrected chi connectivity index (χ4v) is 2.33. The molecule has 2 rings (SSSR count). The van der Waals surface area contributed by atoms with Gasteiger partial charge < -0.3 is 10.6 Å². The van der Waals surface area contributed by atoms with Crippen molar-refractivity contribution in [1.82, 2.24) is 15.3 Å². The average molecular weight is 326 g/mol. The summed E-state index contributed by atoms with van der Waals surface area (Å²) in [6, 6.07) is 9.79. The molecule has 1 amide bonds. The van der Waals surface area contributed by atoms with Crippen LogP contribution in [0.3, 0.4) is 0 Å². The molecular weight excluding hydrogens is 300 g/mol. The number of aryl methyl sites for hydroxylation is 2. The van der Waals surface area contributed by atoms with Gasteiger partial charge in [-0.25, -0.2) is 9.97 Å². The minimum Gasteiger partial charge on any atom is -0.354 e. The van der Waals surface area contributed by atoms with Gasteiger partial charge in [-0.05, 0) is 37.8 Å². The number of hydrogen-bond acceptors (Lipinski definition) is 4. The Labute approximate surface area is 143 Å². The van der Waals surface area contributed by atoms with E-state index in [0.717, 1.165) is 24.2 Å². The highest BCUT2D eigenvalue weighted by molar-refractivity contribution is 5.92. The predicted molar refractivity (Wildman–Crippen MR) is 97.1 cm³/mol. The molecular formula is C19H26N4O. The van der Waals surface area contributed by atoms with Gasteiger partial charge in [0.2, 0.25) is 5.95 Å². The van der Waals surface area contributed by atoms with Crippen molar-refractivity contribution in [2.75, 3.05) is 11.9 Å². The van der Waals surface area contributed by atoms with Crippen molar-refractivity contribution in [2.24, 2.45) is 5.92 Å². The van der Waals surface area contributed by atoms with Crippen molar-refractivity contribution in [1.29, 1.82) is 0 Å². The van der Waals surface area contributed by atoms with Crippen LogP contribution in [0, 0.1) is 19.8 Å². The van der Waals surface area contributed by atoms with Crippen LogP contribution < -0.4 is 10.6 Å². The number of carbonyl (C=O) groups is 1. The van der Waals surface area contributed by atoms with Crippen molar-refractivity contribution in [3.63, 3.8) is 0 Å². The van der Waals surface area contributed by atoms with Crippen LogP contribution in [0.15, 0.2) is 30.3 Å². The van der Waals surface area contributed by atoms with Crippen LogP contribution in [0.4, 0.5) is 5.95 Å². The van der Waals surface area contributed by atoms with E-state index in [1.165, 1.54) is 5.56 Å². The summed E-state index contributed by atoms with van der Waals surface area (Å²) in [5, 5.41) is 6.11. The molecule has 0 bridgehead atoms. The van der Waals surface area contributed by atoms with E-state index < -0.39 is 0 Å². The van der Waals surface area contributed by atoms with Gasteiger partial charge in [-0.3, -0.25) is 4.79 Å². The summed E-state index contributed by atoms with van der Waals surface area (Å²) < 4.78 is 0. The molecule has 1 heterocycles. The zero-order valence-corrected chi connectivity index (χ0v) is 14.9. The lowest BCUT2D eigenvalue weighted by atomic mass is 10.1. The Bertz CT molecular complexity index is 698. The molecule has 0 saturated carbocycles. The Morgan fingerprint density at radius 2 is 1.96 bits per heavy atom. The summed E-state index contributed by atoms with van der Waals surface area (Å²) >= 11 is 0. The van der Waals surface area contributed by atoms with Crippen LogP contribution in [0.25, 0.3) is 0 Å². The summed E-state index contributed by atoms with van der Waals surface area (Å²) in [5.74, 6) is 0.935. The summed E-state index contributed by atoms with van der Waals surface area (Å²) in [6.07, 6.45) is 1.03. The quantitative estimate of drug-likeness (QED) is 0.817. The molecule has 0 radical (unpaired) electrons. The van der Waals surface area contributed by atoms with E-state index in [1.807, 2.05) is 32.0 Å². The maximum Gasteiger partial charge on any atom is 0.270 e. The number of rotatable bonds is 7. The summed E-state index contributed by atoms with van der Waals surface area (Å²) in [6.45, 7) is 9.53. The van der Waals surface area contributed by atoms with Crippen LogP contribution in [-0.2, 0) is 6.54 Å². The molecule has 0 spiro atoms. The molecule has 0 atom stereocenters. The minimum absolute atomic E-state index is 0.186. The van der Waals surface area contributed by atoms with Crippen LogP contribution in [0.5, 0.6) is 0 Å². The van der Waals surface area contributed by atoms with Crippen LogP contribution >= 0.6 is 0 Å². The Morgan fingerprint density at radius 1 is 1.17 bits per heavy atom. The second-order valence-electron chi connectivity index (χ2n) is 6.50. The molecule has 0 aliphatic heterocycles. The average Bonchev–Trinajstić information content (AvgIpc) is 2.52. The number of anilines is 1. The van der Waals surface area contributed by atoms with E-state index in [0.29, 0.717) is 24.1 Å². The molecule has 5 nitrogen and oxygen atoms in total. The second kappa shape index (κ2) is 8.43. The minimum atomic E-state index is -0.186. The van der Waals surface area contributed by atoms with Crippen LogP contribution in [-0.4, -0.2) is 22.4 Å². The van der Waals surface area contributed by atoms with Gasteiger partial charge in [-0.2, -0.15) is 0 Å². The van der Waals surface area contributed by atoms with E-state index in [4.69, 9.17) is 0 Å². The molecule has 128 valence electrons. The standard InChI is InChI=1S/C19H26N4O/c1-13(2)8-9-20-19-22-15(4)11-17(23-19)18(24)21-12-16-7-5-6-14(3)10-16/h5-7,10-11,13H,8-9,12H2,1-4H3,(H,21,24)(H,20,22,23). The molecule has 0 aliphatic rings. The van der Waals surface area contributed by atoms with Gasteiger partial charge in [-0.15, -0.1) is 0 Å².